The summed E-state index contributed by atoms with van der Waals surface area (Å²) in [6.45, 7) is 0. The van der Waals surface area contributed by atoms with E-state index < -0.39 is 0 Å². The van der Waals surface area contributed by atoms with Gasteiger partial charge in [-0.25, -0.2) is 4.39 Å². The van der Waals surface area contributed by atoms with E-state index in [4.69, 9.17) is 6.42 Å². The van der Waals surface area contributed by atoms with E-state index in [0.29, 0.717) is 11.1 Å². The number of ketones is 1. The highest BCUT2D eigenvalue weighted by molar-refractivity contribution is 6.12. The van der Waals surface area contributed by atoms with Gasteiger partial charge in [-0.15, -0.1) is 6.42 Å². The van der Waals surface area contributed by atoms with Crippen LogP contribution in [0.5, 0.6) is 0 Å². The van der Waals surface area contributed by atoms with Gasteiger partial charge in [-0.1, -0.05) is 66.6 Å². The van der Waals surface area contributed by atoms with Crippen LogP contribution in [0, 0.1) is 18.2 Å². The molecule has 1 nitrogen and oxygen atoms in total. The maximum Gasteiger partial charge on any atom is 0.193 e. The summed E-state index contributed by atoms with van der Waals surface area (Å²) in [5.41, 5.74) is 4.10. The van der Waals surface area contributed by atoms with E-state index in [2.05, 4.69) is 5.92 Å². The average molecular weight is 326 g/mol. The van der Waals surface area contributed by atoms with E-state index in [1.807, 2.05) is 48.5 Å². The van der Waals surface area contributed by atoms with E-state index in [1.165, 1.54) is 12.1 Å². The number of fused-ring (bicyclic) bond motifs is 2. The Morgan fingerprint density at radius 2 is 1.36 bits per heavy atom. The highest BCUT2D eigenvalue weighted by Gasteiger charge is 2.35. The van der Waals surface area contributed by atoms with Crippen LogP contribution in [-0.4, -0.2) is 5.78 Å². The van der Waals surface area contributed by atoms with Crippen LogP contribution in [0.2, 0.25) is 0 Å². The molecule has 1 atom stereocenters. The molecule has 0 saturated heterocycles. The number of carbonyl (C=O) groups is 1. The number of carbonyl (C=O) groups excluding carboxylic acids is 1. The zero-order chi connectivity index (χ0) is 17.4. The smallest absolute Gasteiger partial charge is 0.193 e. The van der Waals surface area contributed by atoms with Crippen molar-refractivity contribution in [2.75, 3.05) is 0 Å². The quantitative estimate of drug-likeness (QED) is 0.611. The van der Waals surface area contributed by atoms with E-state index in [9.17, 15) is 9.18 Å². The Morgan fingerprint density at radius 3 is 1.88 bits per heavy atom. The van der Waals surface area contributed by atoms with Crippen LogP contribution in [0.3, 0.4) is 0 Å². The maximum atomic E-state index is 13.3. The summed E-state index contributed by atoms with van der Waals surface area (Å²) in [7, 11) is 0. The topological polar surface area (TPSA) is 17.1 Å². The van der Waals surface area contributed by atoms with Crippen molar-refractivity contribution in [3.8, 4) is 12.3 Å². The number of benzene rings is 3. The SMILES string of the molecule is C#C[C@H](c1ccc(F)cc1)C1c2ccccc2C(=O)c2ccccc21. The van der Waals surface area contributed by atoms with Crippen molar-refractivity contribution in [2.45, 2.75) is 11.8 Å². The van der Waals surface area contributed by atoms with Crippen molar-refractivity contribution in [1.82, 2.24) is 0 Å². The summed E-state index contributed by atoms with van der Waals surface area (Å²) < 4.78 is 13.3. The zero-order valence-corrected chi connectivity index (χ0v) is 13.4. The molecule has 1 aliphatic rings. The normalized spacial score (nSPS) is 14.3. The van der Waals surface area contributed by atoms with Gasteiger partial charge in [-0.05, 0) is 28.8 Å². The summed E-state index contributed by atoms with van der Waals surface area (Å²) >= 11 is 0. The molecule has 0 unspecified atom stereocenters. The molecule has 0 aliphatic heterocycles. The standard InChI is InChI=1S/C23H15FO/c1-2-17(15-11-13-16(24)14-12-15)22-18-7-3-5-9-20(18)23(25)21-10-6-4-8-19(21)22/h1,3-14,17,22H/t17-/m1/s1. The van der Waals surface area contributed by atoms with Gasteiger partial charge >= 0.3 is 0 Å². The molecule has 0 bridgehead atoms. The molecule has 2 heteroatoms. The molecule has 0 heterocycles. The Hall–Kier alpha value is -3.18. The van der Waals surface area contributed by atoms with Crippen LogP contribution in [0.4, 0.5) is 4.39 Å². The Morgan fingerprint density at radius 1 is 0.840 bits per heavy atom. The van der Waals surface area contributed by atoms with Gasteiger partial charge < -0.3 is 0 Å². The number of halogens is 1. The van der Waals surface area contributed by atoms with Gasteiger partial charge in [0.15, 0.2) is 5.78 Å². The fourth-order valence-electron chi connectivity index (χ4n) is 3.68. The van der Waals surface area contributed by atoms with Crippen LogP contribution >= 0.6 is 0 Å². The zero-order valence-electron chi connectivity index (χ0n) is 13.4. The summed E-state index contributed by atoms with van der Waals surface area (Å²) in [4.78, 5) is 12.8. The van der Waals surface area contributed by atoms with Crippen LogP contribution < -0.4 is 0 Å². The van der Waals surface area contributed by atoms with Crippen molar-refractivity contribution < 1.29 is 9.18 Å². The molecule has 120 valence electrons. The molecule has 0 radical (unpaired) electrons. The fraction of sp³-hybridized carbons (Fsp3) is 0.0870. The molecule has 0 saturated carbocycles. The number of terminal acetylenes is 1. The summed E-state index contributed by atoms with van der Waals surface area (Å²) in [5, 5.41) is 0. The number of hydrogen-bond donors (Lipinski definition) is 0. The highest BCUT2D eigenvalue weighted by Crippen LogP contribution is 2.44. The first-order valence-corrected chi connectivity index (χ1v) is 8.15. The molecular formula is C23H15FO. The van der Waals surface area contributed by atoms with Gasteiger partial charge in [0, 0.05) is 17.0 Å². The lowest BCUT2D eigenvalue weighted by molar-refractivity contribution is 0.103. The molecule has 25 heavy (non-hydrogen) atoms. The Labute approximate surface area is 146 Å². The van der Waals surface area contributed by atoms with Crippen molar-refractivity contribution in [2.24, 2.45) is 0 Å². The molecule has 3 aromatic rings. The van der Waals surface area contributed by atoms with Crippen LogP contribution in [0.15, 0.2) is 72.8 Å². The van der Waals surface area contributed by atoms with E-state index >= 15 is 0 Å². The van der Waals surface area contributed by atoms with Crippen molar-refractivity contribution in [1.29, 1.82) is 0 Å². The summed E-state index contributed by atoms with van der Waals surface area (Å²) in [6, 6.07) is 21.5. The predicted octanol–water partition coefficient (Wildman–Crippen LogP) is 4.92. The third-order valence-electron chi connectivity index (χ3n) is 4.82. The minimum atomic E-state index is -0.292. The number of rotatable bonds is 2. The van der Waals surface area contributed by atoms with E-state index in [0.717, 1.165) is 16.7 Å². The third kappa shape index (κ3) is 2.45. The summed E-state index contributed by atoms with van der Waals surface area (Å²) in [5.74, 6) is 2.18. The van der Waals surface area contributed by atoms with E-state index in [1.54, 1.807) is 12.1 Å². The monoisotopic (exact) mass is 326 g/mol. The molecule has 4 rings (SSSR count). The molecule has 0 spiro atoms. The molecule has 0 amide bonds. The van der Waals surface area contributed by atoms with E-state index in [-0.39, 0.29) is 23.4 Å². The Kier molecular flexibility index (Phi) is 3.71. The third-order valence-corrected chi connectivity index (χ3v) is 4.82. The van der Waals surface area contributed by atoms with Crippen molar-refractivity contribution in [3.63, 3.8) is 0 Å². The first-order chi connectivity index (χ1) is 12.2. The van der Waals surface area contributed by atoms with Gasteiger partial charge in [0.1, 0.15) is 5.82 Å². The number of hydrogen-bond acceptors (Lipinski definition) is 1. The highest BCUT2D eigenvalue weighted by atomic mass is 19.1. The Balaban J connectivity index is 1.95. The fourth-order valence-corrected chi connectivity index (χ4v) is 3.68. The van der Waals surface area contributed by atoms with Crippen LogP contribution in [0.1, 0.15) is 44.4 Å². The van der Waals surface area contributed by atoms with Gasteiger partial charge in [0.2, 0.25) is 0 Å². The lowest BCUT2D eigenvalue weighted by atomic mass is 9.70. The molecule has 1 aliphatic carbocycles. The summed E-state index contributed by atoms with van der Waals surface area (Å²) in [6.07, 6.45) is 5.89. The first kappa shape index (κ1) is 15.4. The second-order valence-corrected chi connectivity index (χ2v) is 6.18. The minimum absolute atomic E-state index is 0.0253. The lowest BCUT2D eigenvalue weighted by Gasteiger charge is -2.31. The Bertz CT molecular complexity index is 946. The van der Waals surface area contributed by atoms with Gasteiger partial charge in [0.05, 0.1) is 5.92 Å². The second-order valence-electron chi connectivity index (χ2n) is 6.18. The van der Waals surface area contributed by atoms with Gasteiger partial charge in [0.25, 0.3) is 0 Å². The largest absolute Gasteiger partial charge is 0.289 e. The average Bonchev–Trinajstić information content (AvgIpc) is 2.66. The first-order valence-electron chi connectivity index (χ1n) is 8.15. The molecule has 3 aromatic carbocycles. The minimum Gasteiger partial charge on any atom is -0.289 e. The van der Waals surface area contributed by atoms with Crippen molar-refractivity contribution >= 4 is 5.78 Å². The van der Waals surface area contributed by atoms with Crippen LogP contribution in [-0.2, 0) is 0 Å². The molecule has 0 N–H and O–H groups in total. The van der Waals surface area contributed by atoms with Gasteiger partial charge in [-0.3, -0.25) is 4.79 Å². The van der Waals surface area contributed by atoms with Crippen molar-refractivity contribution in [3.05, 3.63) is 106 Å². The molecule has 0 aromatic heterocycles. The lowest BCUT2D eigenvalue weighted by Crippen LogP contribution is -2.23. The molecule has 0 fully saturated rings. The van der Waals surface area contributed by atoms with Gasteiger partial charge in [-0.2, -0.15) is 0 Å². The predicted molar refractivity (Wildman–Crippen MR) is 96.1 cm³/mol. The maximum absolute atomic E-state index is 13.3. The van der Waals surface area contributed by atoms with Crippen LogP contribution in [0.25, 0.3) is 0 Å². The molecular weight excluding hydrogens is 311 g/mol. The second kappa shape index (κ2) is 6.03.